The van der Waals surface area contributed by atoms with Gasteiger partial charge in [-0.25, -0.2) is 0 Å². The molecule has 0 aromatic heterocycles. The van der Waals surface area contributed by atoms with Gasteiger partial charge in [-0.1, -0.05) is 23.2 Å². The Morgan fingerprint density at radius 3 is 1.42 bits per heavy atom. The minimum absolute atomic E-state index is 0. The second-order valence-corrected chi connectivity index (χ2v) is 7.63. The van der Waals surface area contributed by atoms with Crippen molar-refractivity contribution in [1.82, 2.24) is 9.80 Å². The molecular formula is C20H22Cl2N2O6Tc. The summed E-state index contributed by atoms with van der Waals surface area (Å²) in [5, 5.41) is 39.2. The first kappa shape index (κ1) is 27.2. The van der Waals surface area contributed by atoms with E-state index < -0.39 is 11.9 Å². The quantitative estimate of drug-likeness (QED) is 0.334. The molecule has 0 atom stereocenters. The smallest absolute Gasteiger partial charge is 0.317 e. The van der Waals surface area contributed by atoms with Crippen LogP contribution in [0.5, 0.6) is 11.5 Å². The zero-order valence-electron chi connectivity index (χ0n) is 16.3. The van der Waals surface area contributed by atoms with E-state index >= 15 is 0 Å². The summed E-state index contributed by atoms with van der Waals surface area (Å²) in [7, 11) is 0. The number of phenols is 2. The maximum Gasteiger partial charge on any atom is 0.317 e. The molecule has 0 bridgehead atoms. The molecule has 0 saturated heterocycles. The normalized spacial score (nSPS) is 10.8. The van der Waals surface area contributed by atoms with Crippen LogP contribution in [-0.2, 0) is 42.8 Å². The average Bonchev–Trinajstić information content (AvgIpc) is 2.64. The molecule has 2 aromatic rings. The molecule has 169 valence electrons. The molecule has 1 radical (unpaired) electrons. The third-order valence-corrected chi connectivity index (χ3v) is 4.79. The number of halogens is 2. The third kappa shape index (κ3) is 9.43. The minimum atomic E-state index is -1.06. The number of carboxylic acid groups (broad SMARTS) is 2. The largest absolute Gasteiger partial charge is 0.508 e. The standard InChI is InChI=1S/C20H22Cl2N2O6.Tc/c21-15-1-3-17(25)13(7-15)9-23(11-19(27)28)5-6-24(12-20(29)30)10-14-8-16(22)2-4-18(14)26;/h1-4,7-8,25-26H,5-6,9-12H2,(H,27,28)(H,29,30);/i;1+1. The predicted octanol–water partition coefficient (Wildman–Crippen LogP) is 2.88. The Hall–Kier alpha value is -1.87. The van der Waals surface area contributed by atoms with Crippen molar-refractivity contribution >= 4 is 35.1 Å². The second-order valence-electron chi connectivity index (χ2n) is 6.75. The molecule has 2 rings (SSSR count). The van der Waals surface area contributed by atoms with Gasteiger partial charge in [-0.3, -0.25) is 19.4 Å². The Morgan fingerprint density at radius 2 is 1.10 bits per heavy atom. The van der Waals surface area contributed by atoms with Crippen molar-refractivity contribution in [1.29, 1.82) is 0 Å². The molecule has 11 heteroatoms. The summed E-state index contributed by atoms with van der Waals surface area (Å²) in [5.74, 6) is -2.15. The number of hydrogen-bond donors (Lipinski definition) is 4. The van der Waals surface area contributed by atoms with Gasteiger partial charge in [0.1, 0.15) is 11.5 Å². The number of hydrogen-bond acceptors (Lipinski definition) is 6. The number of benzene rings is 2. The summed E-state index contributed by atoms with van der Waals surface area (Å²) in [4.78, 5) is 25.6. The van der Waals surface area contributed by atoms with Gasteiger partial charge in [0, 0.05) is 67.5 Å². The molecule has 0 aliphatic rings. The average molecular weight is 556 g/mol. The zero-order valence-corrected chi connectivity index (χ0v) is 19.7. The Morgan fingerprint density at radius 1 is 0.742 bits per heavy atom. The zero-order chi connectivity index (χ0) is 22.3. The Balaban J connectivity index is 0.00000480. The first-order valence-corrected chi connectivity index (χ1v) is 9.72. The number of rotatable bonds is 11. The van der Waals surface area contributed by atoms with Crippen molar-refractivity contribution in [2.75, 3.05) is 26.2 Å². The van der Waals surface area contributed by atoms with Gasteiger partial charge in [0.05, 0.1) is 13.1 Å². The number of aliphatic carboxylic acids is 2. The molecule has 4 N–H and O–H groups in total. The van der Waals surface area contributed by atoms with Crippen LogP contribution in [0.1, 0.15) is 11.1 Å². The van der Waals surface area contributed by atoms with Crippen molar-refractivity contribution in [2.24, 2.45) is 0 Å². The maximum absolute atomic E-state index is 11.3. The SMILES string of the molecule is O=C(O)CN(CCN(CC(=O)O)Cc1cc(Cl)ccc1O)Cc1cc(Cl)ccc1O.[99Tc]. The van der Waals surface area contributed by atoms with Crippen molar-refractivity contribution in [3.05, 3.63) is 57.6 Å². The van der Waals surface area contributed by atoms with Gasteiger partial charge in [0.25, 0.3) is 0 Å². The third-order valence-electron chi connectivity index (χ3n) is 4.32. The molecule has 0 unspecified atom stereocenters. The summed E-state index contributed by atoms with van der Waals surface area (Å²) in [6.07, 6.45) is 0. The number of carbonyl (C=O) groups is 2. The van der Waals surface area contributed by atoms with Gasteiger partial charge in [-0.15, -0.1) is 0 Å². The van der Waals surface area contributed by atoms with Crippen LogP contribution in [0, 0.1) is 0 Å². The van der Waals surface area contributed by atoms with Gasteiger partial charge in [0.15, 0.2) is 0 Å². The van der Waals surface area contributed by atoms with Gasteiger partial charge < -0.3 is 20.4 Å². The molecule has 0 spiro atoms. The fourth-order valence-corrected chi connectivity index (χ4v) is 3.33. The molecular weight excluding hydrogens is 534 g/mol. The molecule has 2 aromatic carbocycles. The fourth-order valence-electron chi connectivity index (χ4n) is 2.94. The van der Waals surface area contributed by atoms with Crippen LogP contribution in [0.25, 0.3) is 0 Å². The van der Waals surface area contributed by atoms with Gasteiger partial charge in [-0.05, 0) is 36.4 Å². The predicted molar refractivity (Wildman–Crippen MR) is 112 cm³/mol. The van der Waals surface area contributed by atoms with Crippen molar-refractivity contribution in [3.63, 3.8) is 0 Å². The van der Waals surface area contributed by atoms with Crippen molar-refractivity contribution < 1.29 is 50.1 Å². The molecule has 0 heterocycles. The van der Waals surface area contributed by atoms with Crippen molar-refractivity contribution in [2.45, 2.75) is 13.1 Å². The van der Waals surface area contributed by atoms with E-state index in [1.54, 1.807) is 21.9 Å². The summed E-state index contributed by atoms with van der Waals surface area (Å²) >= 11 is 11.9. The van der Waals surface area contributed by atoms with Crippen LogP contribution < -0.4 is 0 Å². The molecule has 0 aliphatic carbocycles. The van der Waals surface area contributed by atoms with E-state index in [-0.39, 0.29) is 70.9 Å². The van der Waals surface area contributed by atoms with Crippen LogP contribution in [0.3, 0.4) is 0 Å². The van der Waals surface area contributed by atoms with E-state index in [1.807, 2.05) is 0 Å². The number of aromatic hydroxyl groups is 2. The Labute approximate surface area is 203 Å². The van der Waals surface area contributed by atoms with Gasteiger partial charge in [0.2, 0.25) is 0 Å². The van der Waals surface area contributed by atoms with E-state index in [0.717, 1.165) is 0 Å². The summed E-state index contributed by atoms with van der Waals surface area (Å²) in [6, 6.07) is 8.99. The van der Waals surface area contributed by atoms with E-state index in [4.69, 9.17) is 23.2 Å². The Kier molecular flexibility index (Phi) is 11.3. The number of nitrogens with zero attached hydrogens (tertiary/aromatic N) is 2. The molecule has 0 fully saturated rings. The van der Waals surface area contributed by atoms with E-state index in [0.29, 0.717) is 21.2 Å². The molecule has 8 nitrogen and oxygen atoms in total. The monoisotopic (exact) mass is 555 g/mol. The van der Waals surface area contributed by atoms with E-state index in [9.17, 15) is 30.0 Å². The van der Waals surface area contributed by atoms with E-state index in [1.165, 1.54) is 24.3 Å². The van der Waals surface area contributed by atoms with Gasteiger partial charge in [-0.2, -0.15) is 0 Å². The molecule has 0 saturated carbocycles. The number of carboxylic acids is 2. The minimum Gasteiger partial charge on any atom is -0.508 e. The molecule has 0 aliphatic heterocycles. The first-order valence-electron chi connectivity index (χ1n) is 8.97. The molecule has 0 amide bonds. The summed E-state index contributed by atoms with van der Waals surface area (Å²) in [6.45, 7) is 0.00826. The fraction of sp³-hybridized carbons (Fsp3) is 0.300. The van der Waals surface area contributed by atoms with Crippen molar-refractivity contribution in [3.8, 4) is 11.5 Å². The van der Waals surface area contributed by atoms with Crippen LogP contribution >= 0.6 is 23.2 Å². The van der Waals surface area contributed by atoms with Gasteiger partial charge >= 0.3 is 11.9 Å². The summed E-state index contributed by atoms with van der Waals surface area (Å²) in [5.41, 5.74) is 0.919. The Bertz CT molecular complexity index is 842. The van der Waals surface area contributed by atoms with Crippen LogP contribution in [0.2, 0.25) is 10.0 Å². The van der Waals surface area contributed by atoms with Crippen LogP contribution in [0.15, 0.2) is 36.4 Å². The maximum atomic E-state index is 11.3. The van der Waals surface area contributed by atoms with E-state index in [2.05, 4.69) is 0 Å². The molecule has 31 heavy (non-hydrogen) atoms. The topological polar surface area (TPSA) is 122 Å². The second kappa shape index (κ2) is 12.9. The summed E-state index contributed by atoms with van der Waals surface area (Å²) < 4.78 is 0. The first-order chi connectivity index (χ1) is 14.1. The van der Waals surface area contributed by atoms with Crippen LogP contribution in [-0.4, -0.2) is 68.3 Å². The van der Waals surface area contributed by atoms with Crippen LogP contribution in [0.4, 0.5) is 0 Å². The number of phenolic OH excluding ortho intramolecular Hbond substituents is 2.